The number of ether oxygens (including phenoxy) is 4. The van der Waals surface area contributed by atoms with Gasteiger partial charge in [0.2, 0.25) is 0 Å². The average Bonchev–Trinajstić information content (AvgIpc) is 2.88. The van der Waals surface area contributed by atoms with Gasteiger partial charge < -0.3 is 18.9 Å². The van der Waals surface area contributed by atoms with Crippen molar-refractivity contribution in [2.24, 2.45) is 0 Å². The minimum atomic E-state index is -0.874. The standard InChI is InChI=1S/C19H22O7/c1-12(20)23-11-17-19(25-14(3)22)18(24-13(2)21)16(26-17)10-9-15-7-5-4-6-8-15/h4-10,16-19H,11H2,1-3H3/b10-9+/t16-,17+,18+,19-/m0/s1. The molecule has 0 bridgehead atoms. The quantitative estimate of drug-likeness (QED) is 0.564. The monoisotopic (exact) mass is 362 g/mol. The predicted molar refractivity (Wildman–Crippen MR) is 91.9 cm³/mol. The van der Waals surface area contributed by atoms with Gasteiger partial charge in [-0.15, -0.1) is 0 Å². The van der Waals surface area contributed by atoms with Crippen LogP contribution in [0.25, 0.3) is 6.08 Å². The Bertz CT molecular complexity index is 668. The van der Waals surface area contributed by atoms with Crippen molar-refractivity contribution in [1.29, 1.82) is 0 Å². The van der Waals surface area contributed by atoms with Crippen LogP contribution in [0.2, 0.25) is 0 Å². The van der Waals surface area contributed by atoms with E-state index >= 15 is 0 Å². The SMILES string of the molecule is CC(=O)OC[C@H]1O[C@@H](/C=C/c2ccccc2)[C@@H](OC(C)=O)[C@H]1OC(C)=O. The molecule has 0 spiro atoms. The van der Waals surface area contributed by atoms with Gasteiger partial charge in [-0.3, -0.25) is 14.4 Å². The third kappa shape index (κ3) is 5.70. The molecule has 26 heavy (non-hydrogen) atoms. The highest BCUT2D eigenvalue weighted by Crippen LogP contribution is 2.29. The lowest BCUT2D eigenvalue weighted by molar-refractivity contribution is -0.165. The van der Waals surface area contributed by atoms with E-state index in [9.17, 15) is 14.4 Å². The van der Waals surface area contributed by atoms with E-state index in [0.29, 0.717) is 0 Å². The lowest BCUT2D eigenvalue weighted by Gasteiger charge is -2.22. The van der Waals surface area contributed by atoms with Crippen LogP contribution in [0.15, 0.2) is 36.4 Å². The summed E-state index contributed by atoms with van der Waals surface area (Å²) in [6.45, 7) is 3.68. The van der Waals surface area contributed by atoms with Crippen molar-refractivity contribution < 1.29 is 33.3 Å². The largest absolute Gasteiger partial charge is 0.463 e. The molecule has 0 amide bonds. The summed E-state index contributed by atoms with van der Waals surface area (Å²) in [5, 5.41) is 0. The number of benzene rings is 1. The van der Waals surface area contributed by atoms with E-state index in [-0.39, 0.29) is 6.61 Å². The molecular weight excluding hydrogens is 340 g/mol. The van der Waals surface area contributed by atoms with E-state index in [1.54, 1.807) is 6.08 Å². The second kappa shape index (κ2) is 9.15. The molecule has 7 nitrogen and oxygen atoms in total. The molecule has 1 fully saturated rings. The highest BCUT2D eigenvalue weighted by atomic mass is 16.6. The minimum absolute atomic E-state index is 0.110. The van der Waals surface area contributed by atoms with Gasteiger partial charge in [0, 0.05) is 20.8 Å². The van der Waals surface area contributed by atoms with Crippen molar-refractivity contribution in [1.82, 2.24) is 0 Å². The van der Waals surface area contributed by atoms with Crippen LogP contribution in [0.5, 0.6) is 0 Å². The fourth-order valence-corrected chi connectivity index (χ4v) is 2.67. The van der Waals surface area contributed by atoms with Crippen LogP contribution in [0.4, 0.5) is 0 Å². The second-order valence-corrected chi connectivity index (χ2v) is 5.86. The van der Waals surface area contributed by atoms with Gasteiger partial charge >= 0.3 is 17.9 Å². The highest BCUT2D eigenvalue weighted by molar-refractivity contribution is 5.68. The van der Waals surface area contributed by atoms with E-state index in [1.165, 1.54) is 20.8 Å². The Morgan fingerprint density at radius 1 is 0.962 bits per heavy atom. The molecule has 7 heteroatoms. The zero-order valence-corrected chi connectivity index (χ0v) is 14.9. The van der Waals surface area contributed by atoms with Crippen LogP contribution < -0.4 is 0 Å². The lowest BCUT2D eigenvalue weighted by Crippen LogP contribution is -2.40. The molecule has 1 aliphatic heterocycles. The van der Waals surface area contributed by atoms with E-state index < -0.39 is 42.3 Å². The zero-order chi connectivity index (χ0) is 19.1. The fraction of sp³-hybridized carbons (Fsp3) is 0.421. The summed E-state index contributed by atoms with van der Waals surface area (Å²) in [7, 11) is 0. The summed E-state index contributed by atoms with van der Waals surface area (Å²) in [5.41, 5.74) is 0.935. The molecule has 0 N–H and O–H groups in total. The Labute approximate surface area is 151 Å². The van der Waals surface area contributed by atoms with Crippen molar-refractivity contribution in [3.05, 3.63) is 42.0 Å². The Kier molecular flexibility index (Phi) is 6.91. The van der Waals surface area contributed by atoms with E-state index in [0.717, 1.165) is 5.56 Å². The van der Waals surface area contributed by atoms with Crippen LogP contribution in [-0.2, 0) is 33.3 Å². The summed E-state index contributed by atoms with van der Waals surface area (Å²) in [4.78, 5) is 34.0. The Morgan fingerprint density at radius 2 is 1.58 bits per heavy atom. The Balaban J connectivity index is 2.22. The van der Waals surface area contributed by atoms with Gasteiger partial charge in [0.15, 0.2) is 12.2 Å². The van der Waals surface area contributed by atoms with E-state index in [2.05, 4.69) is 0 Å². The molecule has 1 heterocycles. The number of hydrogen-bond acceptors (Lipinski definition) is 7. The molecule has 0 aliphatic carbocycles. The maximum absolute atomic E-state index is 11.5. The molecule has 0 saturated carbocycles. The van der Waals surface area contributed by atoms with Crippen molar-refractivity contribution in [3.63, 3.8) is 0 Å². The third-order valence-electron chi connectivity index (χ3n) is 3.68. The summed E-state index contributed by atoms with van der Waals surface area (Å²) in [5.74, 6) is -1.55. The molecule has 0 aromatic heterocycles. The Morgan fingerprint density at radius 3 is 2.15 bits per heavy atom. The van der Waals surface area contributed by atoms with Gasteiger partial charge in [0.05, 0.1) is 0 Å². The Hall–Kier alpha value is -2.67. The molecule has 0 unspecified atom stereocenters. The van der Waals surface area contributed by atoms with Crippen molar-refractivity contribution in [2.45, 2.75) is 45.2 Å². The number of esters is 3. The zero-order valence-electron chi connectivity index (χ0n) is 14.9. The van der Waals surface area contributed by atoms with Crippen LogP contribution in [0.3, 0.4) is 0 Å². The van der Waals surface area contributed by atoms with Gasteiger partial charge in [-0.05, 0) is 5.56 Å². The maximum Gasteiger partial charge on any atom is 0.303 e. The molecule has 2 rings (SSSR count). The molecule has 1 saturated heterocycles. The van der Waals surface area contributed by atoms with Gasteiger partial charge in [-0.25, -0.2) is 0 Å². The van der Waals surface area contributed by atoms with Crippen LogP contribution in [0, 0.1) is 0 Å². The maximum atomic E-state index is 11.5. The number of hydrogen-bond donors (Lipinski definition) is 0. The minimum Gasteiger partial charge on any atom is -0.463 e. The molecule has 1 aromatic carbocycles. The van der Waals surface area contributed by atoms with Gasteiger partial charge in [-0.2, -0.15) is 0 Å². The topological polar surface area (TPSA) is 88.1 Å². The molecule has 0 radical (unpaired) electrons. The summed E-state index contributed by atoms with van der Waals surface area (Å²) in [6, 6.07) is 9.50. The molecular formula is C19H22O7. The normalized spacial score (nSPS) is 25.0. The van der Waals surface area contributed by atoms with Crippen molar-refractivity contribution in [3.8, 4) is 0 Å². The van der Waals surface area contributed by atoms with Gasteiger partial charge in [-0.1, -0.05) is 42.5 Å². The first-order chi connectivity index (χ1) is 12.4. The smallest absolute Gasteiger partial charge is 0.303 e. The van der Waals surface area contributed by atoms with Gasteiger partial charge in [0.1, 0.15) is 18.8 Å². The van der Waals surface area contributed by atoms with Crippen molar-refractivity contribution >= 4 is 24.0 Å². The predicted octanol–water partition coefficient (Wildman–Crippen LogP) is 1.89. The number of carbonyl (C=O) groups is 3. The summed E-state index contributed by atoms with van der Waals surface area (Å²) >= 11 is 0. The first kappa shape index (κ1) is 19.7. The molecule has 1 aliphatic rings. The van der Waals surface area contributed by atoms with Gasteiger partial charge in [0.25, 0.3) is 0 Å². The second-order valence-electron chi connectivity index (χ2n) is 5.86. The molecule has 1 aromatic rings. The van der Waals surface area contributed by atoms with E-state index in [1.807, 2.05) is 36.4 Å². The number of rotatable bonds is 6. The summed E-state index contributed by atoms with van der Waals surface area (Å²) < 4.78 is 21.4. The van der Waals surface area contributed by atoms with Crippen LogP contribution >= 0.6 is 0 Å². The first-order valence-corrected chi connectivity index (χ1v) is 8.23. The van der Waals surface area contributed by atoms with Crippen LogP contribution in [0.1, 0.15) is 26.3 Å². The fourth-order valence-electron chi connectivity index (χ4n) is 2.67. The lowest BCUT2D eigenvalue weighted by atomic mass is 10.1. The van der Waals surface area contributed by atoms with Crippen LogP contribution in [-0.4, -0.2) is 48.9 Å². The molecule has 140 valence electrons. The molecule has 4 atom stereocenters. The van der Waals surface area contributed by atoms with Crippen molar-refractivity contribution in [2.75, 3.05) is 6.61 Å². The van der Waals surface area contributed by atoms with E-state index in [4.69, 9.17) is 18.9 Å². The highest BCUT2D eigenvalue weighted by Gasteiger charge is 2.48. The third-order valence-corrected chi connectivity index (χ3v) is 3.68. The first-order valence-electron chi connectivity index (χ1n) is 8.23. The summed E-state index contributed by atoms with van der Waals surface area (Å²) in [6.07, 6.45) is 0.451. The average molecular weight is 362 g/mol. The number of carbonyl (C=O) groups excluding carboxylic acids is 3.